The number of piperazine rings is 1. The van der Waals surface area contributed by atoms with Crippen LogP contribution in [-0.2, 0) is 4.79 Å². The summed E-state index contributed by atoms with van der Waals surface area (Å²) in [6.45, 7) is 1.29. The number of carbonyl (C=O) groups excluding carboxylic acids is 2. The topological polar surface area (TPSA) is 62.3 Å². The second-order valence-electron chi connectivity index (χ2n) is 4.12. The lowest BCUT2D eigenvalue weighted by atomic mass is 9.95. The molecule has 1 unspecified atom stereocenters. The van der Waals surface area contributed by atoms with Crippen LogP contribution in [-0.4, -0.2) is 35.8 Å². The van der Waals surface area contributed by atoms with Crippen molar-refractivity contribution in [3.8, 4) is 0 Å². The summed E-state index contributed by atoms with van der Waals surface area (Å²) in [7, 11) is 0. The number of nitrogens with one attached hydrogen (secondary N) is 1. The van der Waals surface area contributed by atoms with Gasteiger partial charge in [-0.15, -0.1) is 0 Å². The molecule has 0 aliphatic carbocycles. The number of pyridine rings is 1. The van der Waals surface area contributed by atoms with E-state index in [0.29, 0.717) is 24.5 Å². The fraction of sp³-hybridized carbons (Fsp3) is 0.364. The van der Waals surface area contributed by atoms with Crippen molar-refractivity contribution < 1.29 is 9.59 Å². The second-order valence-corrected chi connectivity index (χ2v) is 4.97. The molecule has 0 bridgehead atoms. The molecular formula is C11H10BrN3O2. The highest BCUT2D eigenvalue weighted by atomic mass is 79.9. The highest BCUT2D eigenvalue weighted by Crippen LogP contribution is 2.34. The number of amides is 1. The van der Waals surface area contributed by atoms with E-state index in [0.717, 1.165) is 4.47 Å². The summed E-state index contributed by atoms with van der Waals surface area (Å²) in [6, 6.07) is 1.35. The Kier molecular flexibility index (Phi) is 2.39. The minimum absolute atomic E-state index is 0.0294. The van der Waals surface area contributed by atoms with Gasteiger partial charge in [-0.2, -0.15) is 0 Å². The van der Waals surface area contributed by atoms with Gasteiger partial charge in [0.15, 0.2) is 5.78 Å². The Morgan fingerprint density at radius 1 is 1.47 bits per heavy atom. The van der Waals surface area contributed by atoms with Crippen molar-refractivity contribution >= 4 is 33.4 Å². The minimum Gasteiger partial charge on any atom is -0.353 e. The molecule has 2 aliphatic heterocycles. The van der Waals surface area contributed by atoms with Gasteiger partial charge in [-0.05, 0) is 22.0 Å². The van der Waals surface area contributed by atoms with Crippen LogP contribution < -0.4 is 10.2 Å². The van der Waals surface area contributed by atoms with Crippen LogP contribution in [0.15, 0.2) is 16.7 Å². The average Bonchev–Trinajstić information content (AvgIpc) is 2.31. The van der Waals surface area contributed by atoms with E-state index in [4.69, 9.17) is 0 Å². The van der Waals surface area contributed by atoms with E-state index in [1.807, 2.05) is 4.90 Å². The molecule has 1 aromatic heterocycles. The lowest BCUT2D eigenvalue weighted by Crippen LogP contribution is -2.58. The van der Waals surface area contributed by atoms with Crippen molar-refractivity contribution in [2.45, 2.75) is 12.5 Å². The van der Waals surface area contributed by atoms with Gasteiger partial charge in [0, 0.05) is 30.2 Å². The third kappa shape index (κ3) is 1.55. The van der Waals surface area contributed by atoms with Gasteiger partial charge in [0.25, 0.3) is 0 Å². The van der Waals surface area contributed by atoms with Crippen LogP contribution in [0.4, 0.5) is 5.82 Å². The zero-order chi connectivity index (χ0) is 12.0. The van der Waals surface area contributed by atoms with Gasteiger partial charge in [-0.1, -0.05) is 0 Å². The Labute approximate surface area is 106 Å². The van der Waals surface area contributed by atoms with Crippen molar-refractivity contribution in [2.24, 2.45) is 0 Å². The molecule has 5 nitrogen and oxygen atoms in total. The van der Waals surface area contributed by atoms with Crippen LogP contribution in [0.5, 0.6) is 0 Å². The molecular weight excluding hydrogens is 286 g/mol. The molecule has 3 heterocycles. The Balaban J connectivity index is 2.14. The normalized spacial score (nSPS) is 22.9. The summed E-state index contributed by atoms with van der Waals surface area (Å²) in [4.78, 5) is 29.9. The van der Waals surface area contributed by atoms with E-state index in [1.54, 1.807) is 12.3 Å². The van der Waals surface area contributed by atoms with Crippen LogP contribution in [0.25, 0.3) is 0 Å². The standard InChI is InChI=1S/C11H10BrN3O2/c12-6-1-2-13-10-9(6)8(16)5-7-11(17)14-3-4-15(7)10/h1-2,7H,3-5H2,(H,14,17). The first-order chi connectivity index (χ1) is 8.18. The quantitative estimate of drug-likeness (QED) is 0.767. The van der Waals surface area contributed by atoms with Crippen molar-refractivity contribution in [2.75, 3.05) is 18.0 Å². The molecule has 0 saturated carbocycles. The molecule has 0 spiro atoms. The number of fused-ring (bicyclic) bond motifs is 3. The molecule has 1 aromatic rings. The van der Waals surface area contributed by atoms with E-state index in [-0.39, 0.29) is 18.1 Å². The number of ketones is 1. The van der Waals surface area contributed by atoms with Crippen molar-refractivity contribution in [3.63, 3.8) is 0 Å². The molecule has 0 radical (unpaired) electrons. The Morgan fingerprint density at radius 2 is 2.29 bits per heavy atom. The smallest absolute Gasteiger partial charge is 0.243 e. The van der Waals surface area contributed by atoms with Crippen molar-refractivity contribution in [1.82, 2.24) is 10.3 Å². The predicted molar refractivity (Wildman–Crippen MR) is 65.0 cm³/mol. The molecule has 0 aromatic carbocycles. The van der Waals surface area contributed by atoms with E-state index in [9.17, 15) is 9.59 Å². The summed E-state index contributed by atoms with van der Waals surface area (Å²) in [5, 5.41) is 2.77. The molecule has 1 N–H and O–H groups in total. The molecule has 1 atom stereocenters. The van der Waals surface area contributed by atoms with Gasteiger partial charge >= 0.3 is 0 Å². The van der Waals surface area contributed by atoms with Gasteiger partial charge in [0.2, 0.25) is 5.91 Å². The number of rotatable bonds is 0. The molecule has 6 heteroatoms. The third-order valence-electron chi connectivity index (χ3n) is 3.14. The van der Waals surface area contributed by atoms with Gasteiger partial charge in [-0.25, -0.2) is 4.98 Å². The molecule has 1 saturated heterocycles. The van der Waals surface area contributed by atoms with Gasteiger partial charge in [-0.3, -0.25) is 9.59 Å². The summed E-state index contributed by atoms with van der Waals surface area (Å²) in [5.74, 6) is 0.505. The number of Topliss-reactive ketones (excluding diaryl/α,β-unsaturated/α-hetero) is 1. The molecule has 17 heavy (non-hydrogen) atoms. The van der Waals surface area contributed by atoms with E-state index in [1.165, 1.54) is 0 Å². The lowest BCUT2D eigenvalue weighted by molar-refractivity contribution is -0.123. The SMILES string of the molecule is O=C1CC2C(=O)NCCN2c2nccc(Br)c21. The van der Waals surface area contributed by atoms with E-state index >= 15 is 0 Å². The second kappa shape index (κ2) is 3.80. The minimum atomic E-state index is -0.398. The predicted octanol–water partition coefficient (Wildman–Crippen LogP) is 0.735. The molecule has 1 amide bonds. The van der Waals surface area contributed by atoms with Crippen molar-refractivity contribution in [3.05, 3.63) is 22.3 Å². The number of hydrogen-bond acceptors (Lipinski definition) is 4. The zero-order valence-electron chi connectivity index (χ0n) is 8.94. The number of halogens is 1. The van der Waals surface area contributed by atoms with Gasteiger partial charge in [0.05, 0.1) is 5.56 Å². The maximum atomic E-state index is 12.0. The summed E-state index contributed by atoms with van der Waals surface area (Å²) < 4.78 is 0.747. The highest BCUT2D eigenvalue weighted by Gasteiger charge is 2.39. The third-order valence-corrected chi connectivity index (χ3v) is 3.80. The molecule has 3 rings (SSSR count). The van der Waals surface area contributed by atoms with Crippen LogP contribution in [0, 0.1) is 0 Å². The number of aromatic nitrogens is 1. The largest absolute Gasteiger partial charge is 0.353 e. The lowest BCUT2D eigenvalue weighted by Gasteiger charge is -2.39. The maximum absolute atomic E-state index is 12.0. The Hall–Kier alpha value is -1.43. The zero-order valence-corrected chi connectivity index (χ0v) is 10.5. The summed E-state index contributed by atoms with van der Waals surface area (Å²) >= 11 is 3.37. The number of carbonyl (C=O) groups is 2. The first kappa shape index (κ1) is 10.7. The van der Waals surface area contributed by atoms with E-state index in [2.05, 4.69) is 26.2 Å². The van der Waals surface area contributed by atoms with Gasteiger partial charge < -0.3 is 10.2 Å². The van der Waals surface area contributed by atoms with E-state index < -0.39 is 6.04 Å². The average molecular weight is 296 g/mol. The Bertz CT molecular complexity index is 517. The fourth-order valence-corrected chi connectivity index (χ4v) is 2.87. The van der Waals surface area contributed by atoms with Crippen LogP contribution in [0.3, 0.4) is 0 Å². The number of nitrogens with zero attached hydrogens (tertiary/aromatic N) is 2. The van der Waals surface area contributed by atoms with Crippen molar-refractivity contribution in [1.29, 1.82) is 0 Å². The Morgan fingerprint density at radius 3 is 3.12 bits per heavy atom. The number of anilines is 1. The maximum Gasteiger partial charge on any atom is 0.243 e. The first-order valence-corrected chi connectivity index (χ1v) is 6.20. The molecule has 1 fully saturated rings. The van der Waals surface area contributed by atoms with Crippen LogP contribution >= 0.6 is 15.9 Å². The molecule has 2 aliphatic rings. The highest BCUT2D eigenvalue weighted by molar-refractivity contribution is 9.10. The van der Waals surface area contributed by atoms with Crippen LogP contribution in [0.1, 0.15) is 16.8 Å². The fourth-order valence-electron chi connectivity index (χ4n) is 2.35. The summed E-state index contributed by atoms with van der Waals surface area (Å²) in [5.41, 5.74) is 0.596. The summed E-state index contributed by atoms with van der Waals surface area (Å²) in [6.07, 6.45) is 1.87. The first-order valence-electron chi connectivity index (χ1n) is 5.40. The molecule has 88 valence electrons. The number of hydrogen-bond donors (Lipinski definition) is 1. The van der Waals surface area contributed by atoms with Crippen LogP contribution in [0.2, 0.25) is 0 Å². The van der Waals surface area contributed by atoms with Gasteiger partial charge in [0.1, 0.15) is 11.9 Å². The monoisotopic (exact) mass is 295 g/mol.